The van der Waals surface area contributed by atoms with Crippen LogP contribution < -0.4 is 5.73 Å². The maximum Gasteiger partial charge on any atom is 0.265 e. The summed E-state index contributed by atoms with van der Waals surface area (Å²) in [6, 6.07) is 3.68. The number of rotatable bonds is 3. The molecule has 1 atom stereocenters. The number of anilines is 1. The molecule has 1 aromatic carbocycles. The molecule has 2 aromatic heterocycles. The van der Waals surface area contributed by atoms with Crippen molar-refractivity contribution < 1.29 is 4.79 Å². The highest BCUT2D eigenvalue weighted by Crippen LogP contribution is 2.31. The Morgan fingerprint density at radius 3 is 2.95 bits per heavy atom. The van der Waals surface area contributed by atoms with Crippen LogP contribution in [0, 0.1) is 5.92 Å². The molecule has 3 aromatic rings. The lowest BCUT2D eigenvalue weighted by Crippen LogP contribution is -2.24. The molecule has 0 radical (unpaired) electrons. The first-order valence-corrected chi connectivity index (χ1v) is 7.93. The van der Waals surface area contributed by atoms with Crippen LogP contribution in [0.25, 0.3) is 21.1 Å². The second-order valence-corrected chi connectivity index (χ2v) is 6.95. The number of carbonyl (C=O) groups excluding carboxylic acids is 1. The van der Waals surface area contributed by atoms with Gasteiger partial charge in [-0.25, -0.2) is 4.98 Å². The Hall–Kier alpha value is -1.66. The third kappa shape index (κ3) is 2.49. The maximum atomic E-state index is 12.4. The molecule has 0 aliphatic heterocycles. The number of aromatic nitrogens is 3. The van der Waals surface area contributed by atoms with Crippen LogP contribution >= 0.6 is 22.9 Å². The highest BCUT2D eigenvalue weighted by Gasteiger charge is 2.22. The predicted octanol–water partition coefficient (Wildman–Crippen LogP) is 3.52. The molecule has 7 heteroatoms. The van der Waals surface area contributed by atoms with Crippen LogP contribution in [0.4, 0.5) is 5.13 Å². The third-order valence-electron chi connectivity index (χ3n) is 3.28. The second-order valence-electron chi connectivity index (χ2n) is 5.39. The van der Waals surface area contributed by atoms with E-state index in [4.69, 9.17) is 17.3 Å². The van der Waals surface area contributed by atoms with Crippen LogP contribution in [0.15, 0.2) is 18.3 Å². The first kappa shape index (κ1) is 14.3. The zero-order valence-corrected chi connectivity index (χ0v) is 13.3. The number of alkyl halides is 1. The lowest BCUT2D eigenvalue weighted by Gasteiger charge is -2.11. The number of thiazole rings is 1. The Morgan fingerprint density at radius 2 is 2.24 bits per heavy atom. The number of fused-ring (bicyclic) bond motifs is 3. The third-order valence-corrected chi connectivity index (χ3v) is 4.57. The van der Waals surface area contributed by atoms with Gasteiger partial charge in [0, 0.05) is 5.39 Å². The van der Waals surface area contributed by atoms with Gasteiger partial charge in [-0.3, -0.25) is 4.79 Å². The van der Waals surface area contributed by atoms with E-state index in [1.807, 2.05) is 26.0 Å². The van der Waals surface area contributed by atoms with Crippen molar-refractivity contribution >= 4 is 55.1 Å². The summed E-state index contributed by atoms with van der Waals surface area (Å²) in [5.74, 6) is 0.156. The molecule has 5 nitrogen and oxygen atoms in total. The summed E-state index contributed by atoms with van der Waals surface area (Å²) in [6.07, 6.45) is 2.30. The highest BCUT2D eigenvalue weighted by atomic mass is 35.5. The van der Waals surface area contributed by atoms with Gasteiger partial charge in [-0.1, -0.05) is 25.2 Å². The van der Waals surface area contributed by atoms with Crippen molar-refractivity contribution in [2.45, 2.75) is 25.6 Å². The zero-order chi connectivity index (χ0) is 15.1. The van der Waals surface area contributed by atoms with E-state index < -0.39 is 5.38 Å². The molecule has 0 aliphatic carbocycles. The molecule has 0 saturated heterocycles. The van der Waals surface area contributed by atoms with Gasteiger partial charge >= 0.3 is 0 Å². The molecule has 110 valence electrons. The Balaban J connectivity index is 2.08. The minimum atomic E-state index is -0.574. The van der Waals surface area contributed by atoms with Crippen molar-refractivity contribution in [3.8, 4) is 0 Å². The Bertz CT molecular complexity index is 823. The fourth-order valence-electron chi connectivity index (χ4n) is 2.33. The number of nitrogens with zero attached hydrogens (tertiary/aromatic N) is 3. The van der Waals surface area contributed by atoms with E-state index in [9.17, 15) is 4.79 Å². The van der Waals surface area contributed by atoms with Crippen molar-refractivity contribution in [3.63, 3.8) is 0 Å². The molecule has 0 fully saturated rings. The molecule has 0 bridgehead atoms. The summed E-state index contributed by atoms with van der Waals surface area (Å²) in [4.78, 5) is 16.7. The minimum Gasteiger partial charge on any atom is -0.375 e. The number of hydrogen-bond acceptors (Lipinski definition) is 5. The molecule has 0 saturated carbocycles. The lowest BCUT2D eigenvalue weighted by atomic mass is 10.1. The van der Waals surface area contributed by atoms with Gasteiger partial charge in [-0.15, -0.1) is 11.6 Å². The van der Waals surface area contributed by atoms with Gasteiger partial charge in [0.1, 0.15) is 5.38 Å². The molecular weight excluding hydrogens is 308 g/mol. The normalized spacial score (nSPS) is 13.3. The quantitative estimate of drug-likeness (QED) is 0.749. The number of nitrogens with two attached hydrogens (primary N) is 1. The van der Waals surface area contributed by atoms with Crippen molar-refractivity contribution in [3.05, 3.63) is 18.3 Å². The van der Waals surface area contributed by atoms with E-state index in [0.717, 1.165) is 21.1 Å². The minimum absolute atomic E-state index is 0.197. The Labute approximate surface area is 130 Å². The van der Waals surface area contributed by atoms with E-state index in [1.54, 1.807) is 6.20 Å². The van der Waals surface area contributed by atoms with Crippen molar-refractivity contribution in [1.82, 2.24) is 14.8 Å². The van der Waals surface area contributed by atoms with Gasteiger partial charge in [-0.2, -0.15) is 9.78 Å². The van der Waals surface area contributed by atoms with Crippen molar-refractivity contribution in [2.75, 3.05) is 5.73 Å². The molecule has 0 amide bonds. The first-order chi connectivity index (χ1) is 9.97. The smallest absolute Gasteiger partial charge is 0.265 e. The standard InChI is InChI=1S/C14H15ClN4OS/c1-7(2)5-9(15)13(20)19-11-4-3-10-12(8(11)6-17-19)21-14(16)18-10/h3-4,6-7,9H,5H2,1-2H3,(H2,16,18). The van der Waals surface area contributed by atoms with Gasteiger partial charge in [0.05, 0.1) is 21.9 Å². The summed E-state index contributed by atoms with van der Waals surface area (Å²) < 4.78 is 2.32. The van der Waals surface area contributed by atoms with Crippen molar-refractivity contribution in [1.29, 1.82) is 0 Å². The maximum absolute atomic E-state index is 12.4. The predicted molar refractivity (Wildman–Crippen MR) is 87.0 cm³/mol. The number of benzene rings is 1. The summed E-state index contributed by atoms with van der Waals surface area (Å²) in [5.41, 5.74) is 7.31. The van der Waals surface area contributed by atoms with E-state index >= 15 is 0 Å². The Kier molecular flexibility index (Phi) is 3.59. The van der Waals surface area contributed by atoms with E-state index in [0.29, 0.717) is 17.5 Å². The summed E-state index contributed by atoms with van der Waals surface area (Å²) >= 11 is 7.60. The molecule has 3 rings (SSSR count). The Morgan fingerprint density at radius 1 is 1.48 bits per heavy atom. The summed E-state index contributed by atoms with van der Waals surface area (Å²) in [5, 5.41) is 5.01. The van der Waals surface area contributed by atoms with Crippen LogP contribution in [-0.4, -0.2) is 26.0 Å². The van der Waals surface area contributed by atoms with Gasteiger partial charge in [-0.05, 0) is 24.5 Å². The highest BCUT2D eigenvalue weighted by molar-refractivity contribution is 7.23. The first-order valence-electron chi connectivity index (χ1n) is 6.68. The zero-order valence-electron chi connectivity index (χ0n) is 11.7. The largest absolute Gasteiger partial charge is 0.375 e. The average molecular weight is 323 g/mol. The fourth-order valence-corrected chi connectivity index (χ4v) is 3.62. The summed E-state index contributed by atoms with van der Waals surface area (Å²) in [6.45, 7) is 4.07. The van der Waals surface area contributed by atoms with E-state index in [2.05, 4.69) is 10.1 Å². The van der Waals surface area contributed by atoms with Crippen molar-refractivity contribution in [2.24, 2.45) is 5.92 Å². The van der Waals surface area contributed by atoms with Crippen LogP contribution in [0.3, 0.4) is 0 Å². The molecule has 21 heavy (non-hydrogen) atoms. The van der Waals surface area contributed by atoms with Gasteiger partial charge in [0.15, 0.2) is 5.13 Å². The lowest BCUT2D eigenvalue weighted by molar-refractivity contribution is 0.0890. The fraction of sp³-hybridized carbons (Fsp3) is 0.357. The monoisotopic (exact) mass is 322 g/mol. The SMILES string of the molecule is CC(C)CC(Cl)C(=O)n1ncc2c3sc(N)nc3ccc21. The molecule has 2 N–H and O–H groups in total. The van der Waals surface area contributed by atoms with E-state index in [1.165, 1.54) is 16.0 Å². The second kappa shape index (κ2) is 5.27. The molecule has 1 unspecified atom stereocenters. The van der Waals surface area contributed by atoms with Gasteiger partial charge in [0.2, 0.25) is 0 Å². The average Bonchev–Trinajstić information content (AvgIpc) is 2.98. The number of hydrogen-bond donors (Lipinski definition) is 1. The molecular formula is C14H15ClN4OS. The molecule has 0 aliphatic rings. The topological polar surface area (TPSA) is 73.8 Å². The number of halogens is 1. The van der Waals surface area contributed by atoms with E-state index in [-0.39, 0.29) is 5.91 Å². The van der Waals surface area contributed by atoms with Crippen LogP contribution in [0.2, 0.25) is 0 Å². The van der Waals surface area contributed by atoms with Gasteiger partial charge < -0.3 is 5.73 Å². The summed E-state index contributed by atoms with van der Waals surface area (Å²) in [7, 11) is 0. The molecule has 0 spiro atoms. The number of nitrogen functional groups attached to an aromatic ring is 1. The van der Waals surface area contributed by atoms with Crippen LogP contribution in [0.5, 0.6) is 0 Å². The van der Waals surface area contributed by atoms with Gasteiger partial charge in [0.25, 0.3) is 5.91 Å². The van der Waals surface area contributed by atoms with Crippen LogP contribution in [-0.2, 0) is 0 Å². The van der Waals surface area contributed by atoms with Crippen LogP contribution in [0.1, 0.15) is 25.1 Å². The molecule has 2 heterocycles. The number of carbonyl (C=O) groups is 1.